The molecule has 0 bridgehead atoms. The van der Waals surface area contributed by atoms with E-state index in [0.717, 1.165) is 0 Å². The molecule has 0 spiro atoms. The van der Waals surface area contributed by atoms with Gasteiger partial charge in [-0.05, 0) is 18.2 Å². The molecule has 0 saturated heterocycles. The highest BCUT2D eigenvalue weighted by atomic mass is 32.2. The summed E-state index contributed by atoms with van der Waals surface area (Å²) in [4.78, 5) is 0.0995. The molecule has 1 aromatic carbocycles. The molecule has 3 nitrogen and oxygen atoms in total. The Morgan fingerprint density at radius 1 is 1.55 bits per heavy atom. The largest absolute Gasteiger partial charge is 0.380 e. The van der Waals surface area contributed by atoms with E-state index in [0.29, 0.717) is 0 Å². The molecule has 11 heavy (non-hydrogen) atoms. The maximum atomic E-state index is 10.9. The molecule has 0 unspecified atom stereocenters. The van der Waals surface area contributed by atoms with Crippen molar-refractivity contribution < 1.29 is 13.5 Å². The van der Waals surface area contributed by atoms with Crippen LogP contribution in [-0.2, 0) is 9.84 Å². The lowest BCUT2D eigenvalue weighted by Crippen LogP contribution is -2.04. The Kier molecular flexibility index (Phi) is 2.26. The second kappa shape index (κ2) is 3.02. The van der Waals surface area contributed by atoms with E-state index in [1.165, 1.54) is 12.1 Å². The van der Waals surface area contributed by atoms with Crippen LogP contribution in [0.4, 0.5) is 0 Å². The lowest BCUT2D eigenvalue weighted by atomic mass is 10.4. The summed E-state index contributed by atoms with van der Waals surface area (Å²) in [6.45, 7) is 0. The van der Waals surface area contributed by atoms with E-state index in [2.05, 4.69) is 6.07 Å². The maximum absolute atomic E-state index is 10.9. The van der Waals surface area contributed by atoms with E-state index in [9.17, 15) is 8.42 Å². The summed E-state index contributed by atoms with van der Waals surface area (Å²) in [6.07, 6.45) is 0. The van der Waals surface area contributed by atoms with Gasteiger partial charge in [-0.1, -0.05) is 12.1 Å². The van der Waals surface area contributed by atoms with Gasteiger partial charge in [-0.3, -0.25) is 0 Å². The molecule has 1 aromatic rings. The number of rotatable bonds is 2. The third-order valence-electron chi connectivity index (χ3n) is 1.21. The minimum atomic E-state index is -3.47. The van der Waals surface area contributed by atoms with Crippen LogP contribution >= 0.6 is 0 Å². The third kappa shape index (κ3) is 1.78. The van der Waals surface area contributed by atoms with Gasteiger partial charge in [0.25, 0.3) is 0 Å². The number of hydrogen-bond donors (Lipinski definition) is 1. The molecule has 0 aliphatic heterocycles. The van der Waals surface area contributed by atoms with Crippen molar-refractivity contribution in [1.82, 2.24) is 0 Å². The molecule has 0 fully saturated rings. The summed E-state index contributed by atoms with van der Waals surface area (Å²) in [5, 5.41) is 8.45. The normalized spacial score (nSPS) is 11.4. The zero-order valence-corrected chi connectivity index (χ0v) is 6.50. The second-order valence-electron chi connectivity index (χ2n) is 1.98. The smallest absolute Gasteiger partial charge is 0.202 e. The van der Waals surface area contributed by atoms with Crippen LogP contribution in [0, 0.1) is 6.07 Å². The van der Waals surface area contributed by atoms with Crippen molar-refractivity contribution >= 4 is 9.84 Å². The predicted molar refractivity (Wildman–Crippen MR) is 39.5 cm³/mol. The SMILES string of the molecule is O=S(=O)(CO)c1c[c]ccc1. The Morgan fingerprint density at radius 3 is 2.73 bits per heavy atom. The fourth-order valence-corrected chi connectivity index (χ4v) is 1.33. The summed E-state index contributed by atoms with van der Waals surface area (Å²) >= 11 is 0. The Balaban J connectivity index is 3.14. The molecular weight excluding hydrogens is 164 g/mol. The van der Waals surface area contributed by atoms with Gasteiger partial charge in [0.2, 0.25) is 9.84 Å². The van der Waals surface area contributed by atoms with Gasteiger partial charge in [-0.15, -0.1) is 0 Å². The van der Waals surface area contributed by atoms with Gasteiger partial charge in [0.05, 0.1) is 4.90 Å². The van der Waals surface area contributed by atoms with Gasteiger partial charge in [0.15, 0.2) is 0 Å². The topological polar surface area (TPSA) is 54.4 Å². The first-order valence-electron chi connectivity index (χ1n) is 2.96. The van der Waals surface area contributed by atoms with Crippen molar-refractivity contribution in [3.8, 4) is 0 Å². The summed E-state index contributed by atoms with van der Waals surface area (Å²) in [5.74, 6) is -0.856. The van der Waals surface area contributed by atoms with E-state index in [-0.39, 0.29) is 4.90 Å². The summed E-state index contributed by atoms with van der Waals surface area (Å²) in [5.41, 5.74) is 0. The van der Waals surface area contributed by atoms with Crippen LogP contribution in [-0.4, -0.2) is 19.5 Å². The van der Waals surface area contributed by atoms with E-state index in [1.54, 1.807) is 12.1 Å². The zero-order valence-electron chi connectivity index (χ0n) is 5.69. The van der Waals surface area contributed by atoms with Gasteiger partial charge in [0, 0.05) is 0 Å². The zero-order chi connectivity index (χ0) is 8.32. The van der Waals surface area contributed by atoms with Gasteiger partial charge in [-0.2, -0.15) is 0 Å². The van der Waals surface area contributed by atoms with Crippen LogP contribution < -0.4 is 0 Å². The van der Waals surface area contributed by atoms with E-state index < -0.39 is 15.8 Å². The van der Waals surface area contributed by atoms with Gasteiger partial charge in [-0.25, -0.2) is 8.42 Å². The fraction of sp³-hybridized carbons (Fsp3) is 0.143. The molecule has 59 valence electrons. The van der Waals surface area contributed by atoms with E-state index >= 15 is 0 Å². The lowest BCUT2D eigenvalue weighted by molar-refractivity contribution is 0.358. The summed E-state index contributed by atoms with van der Waals surface area (Å²) in [6, 6.07) is 8.51. The first-order chi connectivity index (χ1) is 5.17. The first kappa shape index (κ1) is 8.23. The van der Waals surface area contributed by atoms with E-state index in [4.69, 9.17) is 5.11 Å². The fourth-order valence-electron chi connectivity index (χ4n) is 0.645. The van der Waals surface area contributed by atoms with Gasteiger partial charge >= 0.3 is 0 Å². The van der Waals surface area contributed by atoms with Crippen molar-refractivity contribution in [2.75, 3.05) is 5.94 Å². The highest BCUT2D eigenvalue weighted by molar-refractivity contribution is 7.91. The molecule has 0 aliphatic rings. The summed E-state index contributed by atoms with van der Waals surface area (Å²) < 4.78 is 21.9. The summed E-state index contributed by atoms with van der Waals surface area (Å²) in [7, 11) is -3.47. The number of sulfone groups is 1. The standard InChI is InChI=1S/C7H7O3S/c8-6-11(9,10)7-4-2-1-3-5-7/h1-2,4-5,8H,6H2. The molecule has 1 rings (SSSR count). The Bertz CT molecular complexity index is 315. The maximum Gasteiger partial charge on any atom is 0.202 e. The molecule has 0 atom stereocenters. The molecule has 0 aromatic heterocycles. The molecule has 0 amide bonds. The van der Waals surface area contributed by atoms with Gasteiger partial charge in [0.1, 0.15) is 5.94 Å². The first-order valence-corrected chi connectivity index (χ1v) is 4.62. The van der Waals surface area contributed by atoms with Gasteiger partial charge < -0.3 is 5.11 Å². The van der Waals surface area contributed by atoms with Crippen molar-refractivity contribution in [3.05, 3.63) is 30.3 Å². The van der Waals surface area contributed by atoms with Crippen molar-refractivity contribution in [1.29, 1.82) is 0 Å². The molecule has 0 saturated carbocycles. The average Bonchev–Trinajstić information content (AvgIpc) is 2.06. The van der Waals surface area contributed by atoms with Crippen molar-refractivity contribution in [3.63, 3.8) is 0 Å². The third-order valence-corrected chi connectivity index (χ3v) is 2.52. The molecule has 0 heterocycles. The van der Waals surface area contributed by atoms with Crippen molar-refractivity contribution in [2.24, 2.45) is 0 Å². The van der Waals surface area contributed by atoms with Crippen molar-refractivity contribution in [2.45, 2.75) is 4.90 Å². The molecule has 0 aliphatic carbocycles. The highest BCUT2D eigenvalue weighted by Gasteiger charge is 2.10. The monoisotopic (exact) mass is 171 g/mol. The second-order valence-corrected chi connectivity index (χ2v) is 3.94. The average molecular weight is 171 g/mol. The molecule has 1 radical (unpaired) electrons. The van der Waals surface area contributed by atoms with Crippen LogP contribution in [0.25, 0.3) is 0 Å². The van der Waals surface area contributed by atoms with Crippen LogP contribution in [0.2, 0.25) is 0 Å². The Hall–Kier alpha value is -0.870. The Labute approximate surface area is 65.2 Å². The number of hydrogen-bond acceptors (Lipinski definition) is 3. The minimum absolute atomic E-state index is 0.0995. The molecule has 4 heteroatoms. The number of benzene rings is 1. The quantitative estimate of drug-likeness (QED) is 0.692. The van der Waals surface area contributed by atoms with Crippen LogP contribution in [0.5, 0.6) is 0 Å². The lowest BCUT2D eigenvalue weighted by Gasteiger charge is -1.97. The Morgan fingerprint density at radius 2 is 2.27 bits per heavy atom. The minimum Gasteiger partial charge on any atom is -0.380 e. The van der Waals surface area contributed by atoms with Crippen LogP contribution in [0.15, 0.2) is 29.2 Å². The van der Waals surface area contributed by atoms with E-state index in [1.807, 2.05) is 0 Å². The predicted octanol–water partition coefficient (Wildman–Crippen LogP) is 0.210. The number of aliphatic hydroxyl groups is 1. The number of aliphatic hydroxyl groups excluding tert-OH is 1. The molecular formula is C7H7O3S. The highest BCUT2D eigenvalue weighted by Crippen LogP contribution is 2.07. The molecule has 1 N–H and O–H groups in total. The van der Waals surface area contributed by atoms with Crippen LogP contribution in [0.1, 0.15) is 0 Å². The van der Waals surface area contributed by atoms with Crippen LogP contribution in [0.3, 0.4) is 0 Å².